The highest BCUT2D eigenvalue weighted by Gasteiger charge is 2.27. The Balaban J connectivity index is 1.47. The molecule has 1 N–H and O–H groups in total. The first-order chi connectivity index (χ1) is 12.1. The SMILES string of the molecule is CN(C)c1ccc(O[C@H]2CCN(C(=O)NCc3ccccc3)C2)nn1. The quantitative estimate of drug-likeness (QED) is 0.899. The third kappa shape index (κ3) is 4.59. The van der Waals surface area contributed by atoms with Crippen LogP contribution >= 0.6 is 0 Å². The van der Waals surface area contributed by atoms with Crippen LogP contribution in [0, 0.1) is 0 Å². The molecule has 0 aliphatic carbocycles. The fraction of sp³-hybridized carbons (Fsp3) is 0.389. The molecule has 1 atom stereocenters. The number of benzene rings is 1. The van der Waals surface area contributed by atoms with Crippen LogP contribution < -0.4 is 15.0 Å². The number of likely N-dealkylation sites (tertiary alicyclic amines) is 1. The van der Waals surface area contributed by atoms with E-state index in [1.165, 1.54) is 0 Å². The Hall–Kier alpha value is -2.83. The topological polar surface area (TPSA) is 70.6 Å². The number of carbonyl (C=O) groups is 1. The second kappa shape index (κ2) is 7.83. The first-order valence-corrected chi connectivity index (χ1v) is 8.36. The van der Waals surface area contributed by atoms with Crippen LogP contribution in [0.15, 0.2) is 42.5 Å². The lowest BCUT2D eigenvalue weighted by atomic mass is 10.2. The summed E-state index contributed by atoms with van der Waals surface area (Å²) in [6.45, 7) is 1.76. The second-order valence-electron chi connectivity index (χ2n) is 6.24. The van der Waals surface area contributed by atoms with Gasteiger partial charge in [0, 0.05) is 39.7 Å². The molecule has 2 heterocycles. The van der Waals surface area contributed by atoms with Crippen molar-refractivity contribution < 1.29 is 9.53 Å². The minimum Gasteiger partial charge on any atom is -0.471 e. The van der Waals surface area contributed by atoms with E-state index in [0.717, 1.165) is 17.8 Å². The minimum absolute atomic E-state index is 0.0537. The Morgan fingerprint density at radius 3 is 2.72 bits per heavy atom. The number of hydrogen-bond acceptors (Lipinski definition) is 5. The Bertz CT molecular complexity index is 690. The van der Waals surface area contributed by atoms with Crippen LogP contribution in [0.2, 0.25) is 0 Å². The number of anilines is 1. The van der Waals surface area contributed by atoms with Gasteiger partial charge in [-0.3, -0.25) is 0 Å². The molecular formula is C18H23N5O2. The molecule has 0 bridgehead atoms. The fourth-order valence-corrected chi connectivity index (χ4v) is 2.68. The molecule has 3 rings (SSSR count). The van der Waals surface area contributed by atoms with E-state index >= 15 is 0 Å². The van der Waals surface area contributed by atoms with Gasteiger partial charge in [-0.05, 0) is 11.6 Å². The predicted molar refractivity (Wildman–Crippen MR) is 95.6 cm³/mol. The van der Waals surface area contributed by atoms with Crippen LogP contribution in [0.4, 0.5) is 10.6 Å². The molecular weight excluding hydrogens is 318 g/mol. The summed E-state index contributed by atoms with van der Waals surface area (Å²) in [5.74, 6) is 1.27. The van der Waals surface area contributed by atoms with Gasteiger partial charge < -0.3 is 19.9 Å². The first-order valence-electron chi connectivity index (χ1n) is 8.36. The van der Waals surface area contributed by atoms with E-state index in [1.54, 1.807) is 11.0 Å². The monoisotopic (exact) mass is 341 g/mol. The number of nitrogens with zero attached hydrogens (tertiary/aromatic N) is 4. The minimum atomic E-state index is -0.0657. The van der Waals surface area contributed by atoms with E-state index in [0.29, 0.717) is 25.5 Å². The summed E-state index contributed by atoms with van der Waals surface area (Å²) in [5.41, 5.74) is 1.08. The molecule has 132 valence electrons. The molecule has 7 heteroatoms. The summed E-state index contributed by atoms with van der Waals surface area (Å²) in [6.07, 6.45) is 0.734. The third-order valence-corrected chi connectivity index (χ3v) is 4.09. The standard InChI is InChI=1S/C18H23N5O2/c1-22(2)16-8-9-17(21-20-16)25-15-10-11-23(13-15)18(24)19-12-14-6-4-3-5-7-14/h3-9,15H,10-13H2,1-2H3,(H,19,24)/t15-/m0/s1. The summed E-state index contributed by atoms with van der Waals surface area (Å²) in [5, 5.41) is 11.1. The summed E-state index contributed by atoms with van der Waals surface area (Å²) in [6, 6.07) is 13.5. The lowest BCUT2D eigenvalue weighted by Gasteiger charge is -2.18. The maximum Gasteiger partial charge on any atom is 0.317 e. The number of aromatic nitrogens is 2. The van der Waals surface area contributed by atoms with Crippen molar-refractivity contribution in [2.75, 3.05) is 32.1 Å². The maximum absolute atomic E-state index is 12.3. The number of hydrogen-bond donors (Lipinski definition) is 1. The summed E-state index contributed by atoms with van der Waals surface area (Å²) in [4.78, 5) is 15.9. The van der Waals surface area contributed by atoms with Gasteiger partial charge in [-0.15, -0.1) is 10.2 Å². The van der Waals surface area contributed by atoms with Crippen molar-refractivity contribution in [3.8, 4) is 5.88 Å². The fourth-order valence-electron chi connectivity index (χ4n) is 2.68. The normalized spacial score (nSPS) is 16.6. The number of rotatable bonds is 5. The summed E-state index contributed by atoms with van der Waals surface area (Å²) in [7, 11) is 3.82. The van der Waals surface area contributed by atoms with Crippen LogP contribution in [0.5, 0.6) is 5.88 Å². The van der Waals surface area contributed by atoms with Gasteiger partial charge in [0.1, 0.15) is 6.10 Å². The Morgan fingerprint density at radius 2 is 2.04 bits per heavy atom. The second-order valence-corrected chi connectivity index (χ2v) is 6.24. The summed E-state index contributed by atoms with van der Waals surface area (Å²) >= 11 is 0. The number of amides is 2. The highest BCUT2D eigenvalue weighted by atomic mass is 16.5. The van der Waals surface area contributed by atoms with Gasteiger partial charge >= 0.3 is 6.03 Å². The highest BCUT2D eigenvalue weighted by Crippen LogP contribution is 2.17. The van der Waals surface area contributed by atoms with E-state index < -0.39 is 0 Å². The molecule has 0 unspecified atom stereocenters. The van der Waals surface area contributed by atoms with Gasteiger partial charge in [0.05, 0.1) is 6.54 Å². The van der Waals surface area contributed by atoms with Gasteiger partial charge in [-0.25, -0.2) is 4.79 Å². The van der Waals surface area contributed by atoms with Crippen LogP contribution in [-0.2, 0) is 6.54 Å². The molecule has 1 aliphatic heterocycles. The molecule has 7 nitrogen and oxygen atoms in total. The largest absolute Gasteiger partial charge is 0.471 e. The van der Waals surface area contributed by atoms with Crippen molar-refractivity contribution >= 4 is 11.8 Å². The van der Waals surface area contributed by atoms with Gasteiger partial charge in [-0.2, -0.15) is 0 Å². The zero-order valence-electron chi connectivity index (χ0n) is 14.6. The average molecular weight is 341 g/mol. The zero-order chi connectivity index (χ0) is 17.6. The van der Waals surface area contributed by atoms with Crippen molar-refractivity contribution in [1.82, 2.24) is 20.4 Å². The highest BCUT2D eigenvalue weighted by molar-refractivity contribution is 5.74. The number of carbonyl (C=O) groups excluding carboxylic acids is 1. The maximum atomic E-state index is 12.3. The van der Waals surface area contributed by atoms with E-state index in [-0.39, 0.29) is 12.1 Å². The Labute approximate surface area is 147 Å². The van der Waals surface area contributed by atoms with Crippen molar-refractivity contribution in [3.05, 3.63) is 48.0 Å². The molecule has 1 aromatic carbocycles. The van der Waals surface area contributed by atoms with Gasteiger partial charge in [0.2, 0.25) is 5.88 Å². The van der Waals surface area contributed by atoms with Gasteiger partial charge in [0.15, 0.2) is 5.82 Å². The van der Waals surface area contributed by atoms with Crippen LogP contribution in [0.25, 0.3) is 0 Å². The number of ether oxygens (including phenoxy) is 1. The molecule has 0 saturated carbocycles. The van der Waals surface area contributed by atoms with Gasteiger partial charge in [0.25, 0.3) is 0 Å². The van der Waals surface area contributed by atoms with E-state index in [4.69, 9.17) is 4.74 Å². The molecule has 1 aliphatic rings. The van der Waals surface area contributed by atoms with Crippen LogP contribution in [-0.4, -0.2) is 54.4 Å². The zero-order valence-corrected chi connectivity index (χ0v) is 14.6. The predicted octanol–water partition coefficient (Wildman–Crippen LogP) is 1.91. The van der Waals surface area contributed by atoms with E-state index in [1.807, 2.05) is 55.4 Å². The third-order valence-electron chi connectivity index (χ3n) is 4.09. The van der Waals surface area contributed by atoms with E-state index in [9.17, 15) is 4.79 Å². The Morgan fingerprint density at radius 1 is 1.24 bits per heavy atom. The summed E-state index contributed by atoms with van der Waals surface area (Å²) < 4.78 is 5.84. The molecule has 2 aromatic rings. The first kappa shape index (κ1) is 17.0. The van der Waals surface area contributed by atoms with Crippen molar-refractivity contribution in [1.29, 1.82) is 0 Å². The Kier molecular flexibility index (Phi) is 5.33. The molecule has 0 radical (unpaired) electrons. The molecule has 25 heavy (non-hydrogen) atoms. The number of nitrogens with one attached hydrogen (secondary N) is 1. The average Bonchev–Trinajstić information content (AvgIpc) is 3.09. The van der Waals surface area contributed by atoms with Crippen LogP contribution in [0.1, 0.15) is 12.0 Å². The van der Waals surface area contributed by atoms with Crippen LogP contribution in [0.3, 0.4) is 0 Å². The van der Waals surface area contributed by atoms with Gasteiger partial charge in [-0.1, -0.05) is 30.3 Å². The molecule has 1 fully saturated rings. The van der Waals surface area contributed by atoms with Crippen molar-refractivity contribution in [2.45, 2.75) is 19.1 Å². The molecule has 2 amide bonds. The van der Waals surface area contributed by atoms with E-state index in [2.05, 4.69) is 15.5 Å². The molecule has 1 aromatic heterocycles. The number of urea groups is 1. The van der Waals surface area contributed by atoms with Crippen molar-refractivity contribution in [2.24, 2.45) is 0 Å². The van der Waals surface area contributed by atoms with Crippen molar-refractivity contribution in [3.63, 3.8) is 0 Å². The molecule has 0 spiro atoms. The lowest BCUT2D eigenvalue weighted by Crippen LogP contribution is -2.39. The molecule has 1 saturated heterocycles. The smallest absolute Gasteiger partial charge is 0.317 e. The lowest BCUT2D eigenvalue weighted by molar-refractivity contribution is 0.182.